The average molecular weight is 396 g/mol. The molecule has 5 nitrogen and oxygen atoms in total. The standard InChI is InChI=1S/C25H24N4O/c1-18-25(27-23-12-5-4-11-22(23)26-18)29-15-13-28(14-16-29)24(30)17-20-9-6-8-19-7-2-3-10-21(19)20/h2-12H,13-17H2,1H3. The first-order chi connectivity index (χ1) is 14.7. The van der Waals surface area contributed by atoms with Gasteiger partial charge in [0.05, 0.1) is 23.1 Å². The lowest BCUT2D eigenvalue weighted by atomic mass is 10.0. The Hall–Kier alpha value is -3.47. The van der Waals surface area contributed by atoms with Gasteiger partial charge in [-0.1, -0.05) is 54.6 Å². The number of hydrogen-bond acceptors (Lipinski definition) is 4. The van der Waals surface area contributed by atoms with Gasteiger partial charge in [0.15, 0.2) is 5.82 Å². The third-order valence-electron chi connectivity index (χ3n) is 5.87. The van der Waals surface area contributed by atoms with Crippen LogP contribution in [-0.2, 0) is 11.2 Å². The molecule has 1 aliphatic heterocycles. The van der Waals surface area contributed by atoms with Crippen LogP contribution in [0.15, 0.2) is 66.7 Å². The topological polar surface area (TPSA) is 49.3 Å². The summed E-state index contributed by atoms with van der Waals surface area (Å²) in [4.78, 5) is 26.7. The van der Waals surface area contributed by atoms with Gasteiger partial charge in [-0.25, -0.2) is 9.97 Å². The molecular weight excluding hydrogens is 372 g/mol. The van der Waals surface area contributed by atoms with Crippen LogP contribution >= 0.6 is 0 Å². The molecule has 1 aromatic heterocycles. The van der Waals surface area contributed by atoms with Crippen LogP contribution in [-0.4, -0.2) is 47.0 Å². The third-order valence-corrected chi connectivity index (χ3v) is 5.87. The van der Waals surface area contributed by atoms with Gasteiger partial charge in [0.2, 0.25) is 5.91 Å². The molecule has 0 radical (unpaired) electrons. The van der Waals surface area contributed by atoms with Crippen molar-refractivity contribution in [2.24, 2.45) is 0 Å². The van der Waals surface area contributed by atoms with Gasteiger partial charge in [-0.05, 0) is 35.4 Å². The van der Waals surface area contributed by atoms with Crippen molar-refractivity contribution in [3.05, 3.63) is 78.0 Å². The van der Waals surface area contributed by atoms with E-state index in [2.05, 4.69) is 29.2 Å². The second-order valence-electron chi connectivity index (χ2n) is 7.80. The second kappa shape index (κ2) is 7.75. The Labute approximate surface area is 176 Å². The van der Waals surface area contributed by atoms with E-state index in [1.54, 1.807) is 0 Å². The smallest absolute Gasteiger partial charge is 0.227 e. The molecule has 0 bridgehead atoms. The number of fused-ring (bicyclic) bond motifs is 2. The molecule has 1 saturated heterocycles. The number of carbonyl (C=O) groups excluding carboxylic acids is 1. The summed E-state index contributed by atoms with van der Waals surface area (Å²) < 4.78 is 0. The summed E-state index contributed by atoms with van der Waals surface area (Å²) in [5.74, 6) is 1.11. The Morgan fingerprint density at radius 3 is 2.30 bits per heavy atom. The molecule has 3 aromatic carbocycles. The van der Waals surface area contributed by atoms with Crippen molar-refractivity contribution in [1.82, 2.24) is 14.9 Å². The molecule has 5 rings (SSSR count). The molecule has 0 N–H and O–H groups in total. The van der Waals surface area contributed by atoms with E-state index in [0.717, 1.165) is 46.6 Å². The van der Waals surface area contributed by atoms with Crippen molar-refractivity contribution in [2.75, 3.05) is 31.1 Å². The average Bonchev–Trinajstić information content (AvgIpc) is 2.79. The maximum Gasteiger partial charge on any atom is 0.227 e. The number of amides is 1. The fraction of sp³-hybridized carbons (Fsp3) is 0.240. The number of anilines is 1. The highest BCUT2D eigenvalue weighted by Crippen LogP contribution is 2.23. The monoisotopic (exact) mass is 396 g/mol. The van der Waals surface area contributed by atoms with Gasteiger partial charge in [0.25, 0.3) is 0 Å². The molecule has 30 heavy (non-hydrogen) atoms. The van der Waals surface area contributed by atoms with Crippen LogP contribution in [0.25, 0.3) is 21.8 Å². The largest absolute Gasteiger partial charge is 0.352 e. The van der Waals surface area contributed by atoms with Crippen LogP contribution in [0.2, 0.25) is 0 Å². The summed E-state index contributed by atoms with van der Waals surface area (Å²) in [7, 11) is 0. The highest BCUT2D eigenvalue weighted by Gasteiger charge is 2.24. The summed E-state index contributed by atoms with van der Waals surface area (Å²) in [6.07, 6.45) is 0.441. The van der Waals surface area contributed by atoms with Crippen LogP contribution in [0, 0.1) is 6.92 Å². The lowest BCUT2D eigenvalue weighted by Crippen LogP contribution is -2.49. The Balaban J connectivity index is 1.29. The second-order valence-corrected chi connectivity index (χ2v) is 7.80. The van der Waals surface area contributed by atoms with Crippen molar-refractivity contribution in [2.45, 2.75) is 13.3 Å². The molecule has 4 aromatic rings. The third kappa shape index (κ3) is 3.47. The van der Waals surface area contributed by atoms with Gasteiger partial charge in [0, 0.05) is 26.2 Å². The van der Waals surface area contributed by atoms with E-state index in [4.69, 9.17) is 9.97 Å². The van der Waals surface area contributed by atoms with Crippen LogP contribution in [0.3, 0.4) is 0 Å². The molecule has 0 aliphatic carbocycles. The molecule has 5 heteroatoms. The lowest BCUT2D eigenvalue weighted by molar-refractivity contribution is -0.130. The summed E-state index contributed by atoms with van der Waals surface area (Å²) in [5.41, 5.74) is 3.86. The highest BCUT2D eigenvalue weighted by molar-refractivity contribution is 5.90. The molecule has 1 fully saturated rings. The quantitative estimate of drug-likeness (QED) is 0.526. The summed E-state index contributed by atoms with van der Waals surface area (Å²) >= 11 is 0. The first kappa shape index (κ1) is 18.6. The number of nitrogens with zero attached hydrogens (tertiary/aromatic N) is 4. The van der Waals surface area contributed by atoms with Crippen LogP contribution in [0.4, 0.5) is 5.82 Å². The number of rotatable bonds is 3. The maximum atomic E-state index is 13.0. The number of aryl methyl sites for hydroxylation is 1. The number of carbonyl (C=O) groups is 1. The van der Waals surface area contributed by atoms with Crippen LogP contribution in [0.1, 0.15) is 11.3 Å². The minimum Gasteiger partial charge on any atom is -0.352 e. The van der Waals surface area contributed by atoms with Gasteiger partial charge in [-0.15, -0.1) is 0 Å². The van der Waals surface area contributed by atoms with E-state index >= 15 is 0 Å². The Morgan fingerprint density at radius 1 is 0.833 bits per heavy atom. The van der Waals surface area contributed by atoms with Crippen LogP contribution < -0.4 is 4.90 Å². The minimum atomic E-state index is 0.187. The van der Waals surface area contributed by atoms with E-state index in [0.29, 0.717) is 19.5 Å². The summed E-state index contributed by atoms with van der Waals surface area (Å²) in [6, 6.07) is 22.4. The van der Waals surface area contributed by atoms with E-state index < -0.39 is 0 Å². The lowest BCUT2D eigenvalue weighted by Gasteiger charge is -2.36. The molecule has 0 atom stereocenters. The number of aromatic nitrogens is 2. The summed E-state index contributed by atoms with van der Waals surface area (Å²) in [5, 5.41) is 2.34. The molecule has 0 saturated carbocycles. The van der Waals surface area contributed by atoms with Crippen molar-refractivity contribution in [1.29, 1.82) is 0 Å². The maximum absolute atomic E-state index is 13.0. The zero-order valence-electron chi connectivity index (χ0n) is 17.1. The number of para-hydroxylation sites is 2. The Morgan fingerprint density at radius 2 is 1.50 bits per heavy atom. The van der Waals surface area contributed by atoms with Crippen molar-refractivity contribution < 1.29 is 4.79 Å². The number of hydrogen-bond donors (Lipinski definition) is 0. The molecule has 0 unspecified atom stereocenters. The molecule has 2 heterocycles. The summed E-state index contributed by atoms with van der Waals surface area (Å²) in [6.45, 7) is 4.96. The molecule has 150 valence electrons. The molecule has 0 spiro atoms. The van der Waals surface area contributed by atoms with Gasteiger partial charge in [-0.3, -0.25) is 4.79 Å². The molecular formula is C25H24N4O. The van der Waals surface area contributed by atoms with E-state index in [9.17, 15) is 4.79 Å². The fourth-order valence-corrected chi connectivity index (χ4v) is 4.27. The van der Waals surface area contributed by atoms with Gasteiger partial charge >= 0.3 is 0 Å². The molecule has 1 aliphatic rings. The van der Waals surface area contributed by atoms with Crippen molar-refractivity contribution >= 4 is 33.5 Å². The van der Waals surface area contributed by atoms with E-state index in [-0.39, 0.29) is 5.91 Å². The van der Waals surface area contributed by atoms with Crippen molar-refractivity contribution in [3.63, 3.8) is 0 Å². The normalized spacial score (nSPS) is 14.4. The fourth-order valence-electron chi connectivity index (χ4n) is 4.27. The predicted molar refractivity (Wildman–Crippen MR) is 121 cm³/mol. The number of benzene rings is 3. The van der Waals surface area contributed by atoms with E-state index in [1.165, 1.54) is 5.39 Å². The van der Waals surface area contributed by atoms with Crippen LogP contribution in [0.5, 0.6) is 0 Å². The zero-order chi connectivity index (χ0) is 20.5. The number of piperazine rings is 1. The zero-order valence-corrected chi connectivity index (χ0v) is 17.1. The Bertz CT molecular complexity index is 1220. The predicted octanol–water partition coefficient (Wildman–Crippen LogP) is 3.98. The highest BCUT2D eigenvalue weighted by atomic mass is 16.2. The van der Waals surface area contributed by atoms with Gasteiger partial charge in [-0.2, -0.15) is 0 Å². The Kier molecular flexibility index (Phi) is 4.79. The van der Waals surface area contributed by atoms with Gasteiger partial charge in [0.1, 0.15) is 0 Å². The minimum absolute atomic E-state index is 0.187. The van der Waals surface area contributed by atoms with Crippen molar-refractivity contribution in [3.8, 4) is 0 Å². The van der Waals surface area contributed by atoms with E-state index in [1.807, 2.05) is 54.3 Å². The first-order valence-electron chi connectivity index (χ1n) is 10.4. The molecule has 1 amide bonds. The SMILES string of the molecule is Cc1nc2ccccc2nc1N1CCN(C(=O)Cc2cccc3ccccc23)CC1. The first-order valence-corrected chi connectivity index (χ1v) is 10.4. The van der Waals surface area contributed by atoms with Gasteiger partial charge < -0.3 is 9.80 Å².